The number of aromatic hydroxyl groups is 8. The third-order valence-corrected chi connectivity index (χ3v) is 6.41. The van der Waals surface area contributed by atoms with E-state index in [0.717, 1.165) is 24.3 Å². The number of phenolic OH excluding ortho intramolecular Hbond substituents is 8. The van der Waals surface area contributed by atoms with Crippen LogP contribution >= 0.6 is 0 Å². The highest BCUT2D eigenvalue weighted by Crippen LogP contribution is 2.44. The lowest BCUT2D eigenvalue weighted by Gasteiger charge is -2.16. The molecule has 0 saturated heterocycles. The van der Waals surface area contributed by atoms with E-state index in [4.69, 9.17) is 9.47 Å². The Morgan fingerprint density at radius 3 is 0.737 bits per heavy atom. The van der Waals surface area contributed by atoms with Crippen molar-refractivity contribution < 1.29 is 50.3 Å². The Labute approximate surface area is 216 Å². The first kappa shape index (κ1) is 24.6. The van der Waals surface area contributed by atoms with Gasteiger partial charge in [-0.15, -0.1) is 0 Å². The average molecular weight is 520 g/mol. The van der Waals surface area contributed by atoms with E-state index in [1.165, 1.54) is 24.3 Å². The molecule has 196 valence electrons. The highest BCUT2D eigenvalue weighted by atomic mass is 16.5. The molecule has 1 aliphatic rings. The van der Waals surface area contributed by atoms with Crippen molar-refractivity contribution in [3.05, 3.63) is 70.8 Å². The second-order valence-corrected chi connectivity index (χ2v) is 9.00. The summed E-state index contributed by atoms with van der Waals surface area (Å²) in [7, 11) is 0. The maximum atomic E-state index is 10.4. The molecule has 0 fully saturated rings. The Morgan fingerprint density at radius 1 is 0.316 bits per heavy atom. The Balaban J connectivity index is 1.65. The average Bonchev–Trinajstić information content (AvgIpc) is 2.84. The van der Waals surface area contributed by atoms with Crippen molar-refractivity contribution >= 4 is 0 Å². The normalized spacial score (nSPS) is 13.1. The highest BCUT2D eigenvalue weighted by Gasteiger charge is 2.19. The molecule has 4 aromatic carbocycles. The molecule has 8 N–H and O–H groups in total. The fraction of sp³-hybridized carbons (Fsp3) is 0.143. The van der Waals surface area contributed by atoms with E-state index in [9.17, 15) is 40.9 Å². The van der Waals surface area contributed by atoms with Crippen LogP contribution in [0, 0.1) is 0 Å². The minimum absolute atomic E-state index is 0.0642. The topological polar surface area (TPSA) is 180 Å². The summed E-state index contributed by atoms with van der Waals surface area (Å²) >= 11 is 0. The van der Waals surface area contributed by atoms with Crippen molar-refractivity contribution in [3.8, 4) is 69.0 Å². The van der Waals surface area contributed by atoms with Crippen LogP contribution in [0.4, 0.5) is 0 Å². The maximum Gasteiger partial charge on any atom is 0.169 e. The summed E-state index contributed by atoms with van der Waals surface area (Å²) in [5, 5.41) is 82.9. The van der Waals surface area contributed by atoms with Gasteiger partial charge in [0.2, 0.25) is 0 Å². The first-order valence-corrected chi connectivity index (χ1v) is 11.6. The van der Waals surface area contributed by atoms with E-state index in [1.807, 2.05) is 0 Å². The molecule has 0 radical (unpaired) electrons. The Kier molecular flexibility index (Phi) is 6.08. The predicted octanol–water partition coefficient (Wildman–Crippen LogP) is 4.80. The molecule has 10 heteroatoms. The minimum Gasteiger partial charge on any atom is -0.508 e. The van der Waals surface area contributed by atoms with Crippen LogP contribution in [-0.4, -0.2) is 40.9 Å². The molecule has 4 aromatic rings. The summed E-state index contributed by atoms with van der Waals surface area (Å²) in [6, 6.07) is 9.89. The molecule has 0 aliphatic carbocycles. The van der Waals surface area contributed by atoms with Crippen LogP contribution < -0.4 is 9.47 Å². The van der Waals surface area contributed by atoms with Gasteiger partial charge in [0.05, 0.1) is 0 Å². The van der Waals surface area contributed by atoms with Gasteiger partial charge in [0.25, 0.3) is 0 Å². The van der Waals surface area contributed by atoms with Crippen molar-refractivity contribution in [2.24, 2.45) is 0 Å². The van der Waals surface area contributed by atoms with Gasteiger partial charge in [0, 0.05) is 24.3 Å². The summed E-state index contributed by atoms with van der Waals surface area (Å²) in [6.45, 7) is 0. The van der Waals surface area contributed by atoms with E-state index < -0.39 is 0 Å². The molecule has 8 bridgehead atoms. The molecule has 1 aliphatic heterocycles. The Hall–Kier alpha value is -5.12. The maximum absolute atomic E-state index is 10.4. The molecule has 38 heavy (non-hydrogen) atoms. The van der Waals surface area contributed by atoms with E-state index in [-0.39, 0.29) is 94.7 Å². The summed E-state index contributed by atoms with van der Waals surface area (Å²) in [5.74, 6) is -2.72. The number of hydrogen-bond acceptors (Lipinski definition) is 10. The Morgan fingerprint density at radius 2 is 0.526 bits per heavy atom. The van der Waals surface area contributed by atoms with Crippen LogP contribution in [0.1, 0.15) is 22.3 Å². The molecule has 10 nitrogen and oxygen atoms in total. The second-order valence-electron chi connectivity index (χ2n) is 9.00. The number of aryl methyl sites for hydroxylation is 4. The molecule has 0 aromatic heterocycles. The van der Waals surface area contributed by atoms with E-state index in [0.29, 0.717) is 22.3 Å². The fourth-order valence-electron chi connectivity index (χ4n) is 4.30. The summed E-state index contributed by atoms with van der Waals surface area (Å²) in [5.41, 5.74) is 1.42. The molecule has 5 rings (SSSR count). The lowest BCUT2D eigenvalue weighted by Crippen LogP contribution is -1.98. The van der Waals surface area contributed by atoms with Gasteiger partial charge >= 0.3 is 0 Å². The highest BCUT2D eigenvalue weighted by molar-refractivity contribution is 5.58. The molecule has 0 atom stereocenters. The van der Waals surface area contributed by atoms with Crippen LogP contribution in [0.25, 0.3) is 0 Å². The summed E-state index contributed by atoms with van der Waals surface area (Å²) in [6.07, 6.45) is 0.673. The van der Waals surface area contributed by atoms with Gasteiger partial charge in [-0.25, -0.2) is 0 Å². The SMILES string of the molecule is Oc1cc(O)c2cc1CCc1cc(c(O)cc1O)Oc1cc(c(O)cc1O)CCc1cc(c(O)cc1O)O2. The quantitative estimate of drug-likeness (QED) is 0.160. The summed E-state index contributed by atoms with van der Waals surface area (Å²) < 4.78 is 11.5. The van der Waals surface area contributed by atoms with Crippen LogP contribution in [0.2, 0.25) is 0 Å². The zero-order valence-electron chi connectivity index (χ0n) is 19.8. The smallest absolute Gasteiger partial charge is 0.169 e. The van der Waals surface area contributed by atoms with Gasteiger partial charge in [-0.2, -0.15) is 0 Å². The number of fused-ring (bicyclic) bond motifs is 8. The van der Waals surface area contributed by atoms with Gasteiger partial charge in [0.1, 0.15) is 23.0 Å². The first-order chi connectivity index (χ1) is 18.1. The largest absolute Gasteiger partial charge is 0.508 e. The number of rotatable bonds is 0. The van der Waals surface area contributed by atoms with Gasteiger partial charge in [-0.1, -0.05) is 0 Å². The molecular weight excluding hydrogens is 496 g/mol. The Bertz CT molecular complexity index is 1330. The predicted molar refractivity (Wildman–Crippen MR) is 134 cm³/mol. The van der Waals surface area contributed by atoms with Crippen molar-refractivity contribution in [2.75, 3.05) is 0 Å². The van der Waals surface area contributed by atoms with Crippen molar-refractivity contribution in [1.82, 2.24) is 0 Å². The standard InChI is InChI=1S/C28H24O10/c29-17-9-21(33)25-5-13(17)1-2-14-6-26(22(34)10-18(14)30)38-28-8-16(20(32)12-24(28)36)4-3-15-7-27(37-25)23(35)11-19(15)31/h5-12,29-36H,1-4H2. The fourth-order valence-corrected chi connectivity index (χ4v) is 4.30. The van der Waals surface area contributed by atoms with Gasteiger partial charge in [0.15, 0.2) is 46.0 Å². The molecule has 0 spiro atoms. The zero-order chi connectivity index (χ0) is 27.1. The number of ether oxygens (including phenoxy) is 2. The third-order valence-electron chi connectivity index (χ3n) is 6.41. The minimum atomic E-state index is -0.389. The van der Waals surface area contributed by atoms with Crippen molar-refractivity contribution in [2.45, 2.75) is 25.7 Å². The molecule has 0 amide bonds. The van der Waals surface area contributed by atoms with Crippen LogP contribution in [-0.2, 0) is 25.7 Å². The monoisotopic (exact) mass is 520 g/mol. The zero-order valence-corrected chi connectivity index (χ0v) is 19.8. The van der Waals surface area contributed by atoms with Crippen LogP contribution in [0.3, 0.4) is 0 Å². The van der Waals surface area contributed by atoms with E-state index in [1.54, 1.807) is 0 Å². The van der Waals surface area contributed by atoms with Crippen LogP contribution in [0.15, 0.2) is 48.5 Å². The van der Waals surface area contributed by atoms with Crippen LogP contribution in [0.5, 0.6) is 69.0 Å². The van der Waals surface area contributed by atoms with E-state index in [2.05, 4.69) is 0 Å². The first-order valence-electron chi connectivity index (χ1n) is 11.6. The van der Waals surface area contributed by atoms with Gasteiger partial charge in [-0.05, 0) is 72.2 Å². The van der Waals surface area contributed by atoms with Gasteiger partial charge < -0.3 is 50.3 Å². The number of phenols is 8. The number of benzene rings is 4. The lowest BCUT2D eigenvalue weighted by molar-refractivity contribution is 0.374. The molecule has 0 unspecified atom stereocenters. The lowest BCUT2D eigenvalue weighted by atomic mass is 10.0. The number of hydrogen-bond donors (Lipinski definition) is 8. The molecule has 1 heterocycles. The molecule has 0 saturated carbocycles. The van der Waals surface area contributed by atoms with Crippen molar-refractivity contribution in [1.29, 1.82) is 0 Å². The second kappa shape index (κ2) is 9.40. The van der Waals surface area contributed by atoms with Gasteiger partial charge in [-0.3, -0.25) is 0 Å². The van der Waals surface area contributed by atoms with E-state index >= 15 is 0 Å². The molecular formula is C28H24O10. The third kappa shape index (κ3) is 4.66. The van der Waals surface area contributed by atoms with Crippen molar-refractivity contribution in [3.63, 3.8) is 0 Å². The summed E-state index contributed by atoms with van der Waals surface area (Å²) in [4.78, 5) is 0.